The van der Waals surface area contributed by atoms with Crippen LogP contribution in [0, 0.1) is 0 Å². The van der Waals surface area contributed by atoms with Gasteiger partial charge in [0, 0.05) is 20.6 Å². The van der Waals surface area contributed by atoms with E-state index in [4.69, 9.17) is 14.2 Å². The Morgan fingerprint density at radius 3 is 2.26 bits per heavy atom. The van der Waals surface area contributed by atoms with Crippen molar-refractivity contribution in [1.82, 2.24) is 15.0 Å². The summed E-state index contributed by atoms with van der Waals surface area (Å²) in [5, 5.41) is 2.84. The van der Waals surface area contributed by atoms with Crippen LogP contribution in [-0.4, -0.2) is 47.9 Å². The van der Waals surface area contributed by atoms with Crippen molar-refractivity contribution >= 4 is 5.95 Å². The zero-order chi connectivity index (χ0) is 14.3. The third-order valence-corrected chi connectivity index (χ3v) is 2.58. The molecule has 0 aliphatic rings. The van der Waals surface area contributed by atoms with Crippen LogP contribution in [0.15, 0.2) is 0 Å². The van der Waals surface area contributed by atoms with Gasteiger partial charge in [-0.2, -0.15) is 9.97 Å². The molecule has 0 saturated heterocycles. The van der Waals surface area contributed by atoms with Crippen LogP contribution >= 0.6 is 0 Å². The van der Waals surface area contributed by atoms with Gasteiger partial charge in [-0.05, 0) is 20.8 Å². The maximum atomic E-state index is 5.51. The average Bonchev–Trinajstić information content (AvgIpc) is 2.38. The van der Waals surface area contributed by atoms with Crippen LogP contribution in [-0.2, 0) is 4.74 Å². The first-order valence-corrected chi connectivity index (χ1v) is 6.25. The summed E-state index contributed by atoms with van der Waals surface area (Å²) in [7, 11) is 3.40. The van der Waals surface area contributed by atoms with E-state index in [-0.39, 0.29) is 17.6 Å². The van der Waals surface area contributed by atoms with E-state index in [1.54, 1.807) is 14.2 Å². The Balaban J connectivity index is 2.64. The highest BCUT2D eigenvalue weighted by Crippen LogP contribution is 2.16. The highest BCUT2D eigenvalue weighted by Gasteiger charge is 2.17. The third kappa shape index (κ3) is 5.25. The van der Waals surface area contributed by atoms with Crippen LogP contribution < -0.4 is 14.8 Å². The molecule has 1 aromatic heterocycles. The van der Waals surface area contributed by atoms with E-state index in [1.165, 1.54) is 0 Å². The Kier molecular flexibility index (Phi) is 5.75. The average molecular weight is 270 g/mol. The molecule has 0 amide bonds. The molecule has 7 heteroatoms. The number of ether oxygens (including phenoxy) is 3. The molecule has 1 heterocycles. The zero-order valence-electron chi connectivity index (χ0n) is 12.2. The maximum Gasteiger partial charge on any atom is 0.324 e. The molecule has 7 nitrogen and oxygen atoms in total. The topological polar surface area (TPSA) is 78.4 Å². The molecular weight excluding hydrogens is 248 g/mol. The van der Waals surface area contributed by atoms with Crippen molar-refractivity contribution < 1.29 is 14.2 Å². The van der Waals surface area contributed by atoms with Crippen LogP contribution in [0.25, 0.3) is 0 Å². The molecular formula is C12H22N4O3. The van der Waals surface area contributed by atoms with Gasteiger partial charge in [-0.15, -0.1) is 4.98 Å². The first-order valence-electron chi connectivity index (χ1n) is 6.25. The highest BCUT2D eigenvalue weighted by atomic mass is 16.5. The molecule has 0 radical (unpaired) electrons. The summed E-state index contributed by atoms with van der Waals surface area (Å²) in [5.74, 6) is 0.416. The molecule has 0 aliphatic heterocycles. The monoisotopic (exact) mass is 270 g/mol. The molecule has 1 rings (SSSR count). The Morgan fingerprint density at radius 2 is 1.74 bits per heavy atom. The second-order valence-corrected chi connectivity index (χ2v) is 4.47. The van der Waals surface area contributed by atoms with Crippen LogP contribution in [0.3, 0.4) is 0 Å². The predicted molar refractivity (Wildman–Crippen MR) is 71.7 cm³/mol. The summed E-state index contributed by atoms with van der Waals surface area (Å²) in [6.07, 6.45) is 0.730. The van der Waals surface area contributed by atoms with Crippen LogP contribution in [0.4, 0.5) is 5.95 Å². The number of methoxy groups -OCH3 is 1. The van der Waals surface area contributed by atoms with Gasteiger partial charge in [0.1, 0.15) is 0 Å². The van der Waals surface area contributed by atoms with Crippen LogP contribution in [0.2, 0.25) is 0 Å². The SMILES string of the molecule is CCOc1nc(NC)nc(OCCC(C)(C)OC)n1. The Bertz CT molecular complexity index is 399. The highest BCUT2D eigenvalue weighted by molar-refractivity contribution is 5.26. The number of rotatable bonds is 8. The molecule has 0 saturated carbocycles. The molecule has 1 aromatic rings. The van der Waals surface area contributed by atoms with E-state index in [2.05, 4.69) is 20.3 Å². The summed E-state index contributed by atoms with van der Waals surface area (Å²) in [6, 6.07) is 0.498. The minimum Gasteiger partial charge on any atom is -0.464 e. The second-order valence-electron chi connectivity index (χ2n) is 4.47. The van der Waals surface area contributed by atoms with Gasteiger partial charge in [0.2, 0.25) is 5.95 Å². The van der Waals surface area contributed by atoms with Crippen molar-refractivity contribution in [3.05, 3.63) is 0 Å². The molecule has 0 aliphatic carbocycles. The van der Waals surface area contributed by atoms with Crippen molar-refractivity contribution in [2.75, 3.05) is 32.7 Å². The second kappa shape index (κ2) is 7.08. The Morgan fingerprint density at radius 1 is 1.11 bits per heavy atom. The Labute approximate surface area is 113 Å². The number of nitrogens with zero attached hydrogens (tertiary/aromatic N) is 3. The van der Waals surface area contributed by atoms with Gasteiger partial charge < -0.3 is 19.5 Å². The number of nitrogens with one attached hydrogen (secondary N) is 1. The smallest absolute Gasteiger partial charge is 0.324 e. The lowest BCUT2D eigenvalue weighted by Crippen LogP contribution is -2.25. The van der Waals surface area contributed by atoms with Gasteiger partial charge in [-0.3, -0.25) is 0 Å². The summed E-state index contributed by atoms with van der Waals surface area (Å²) >= 11 is 0. The molecule has 0 bridgehead atoms. The molecule has 0 atom stereocenters. The first kappa shape index (κ1) is 15.4. The van der Waals surface area contributed by atoms with Crippen molar-refractivity contribution in [3.63, 3.8) is 0 Å². The zero-order valence-corrected chi connectivity index (χ0v) is 12.2. The summed E-state index contributed by atoms with van der Waals surface area (Å²) < 4.78 is 16.1. The normalized spacial score (nSPS) is 11.2. The van der Waals surface area contributed by atoms with Gasteiger partial charge in [0.25, 0.3) is 0 Å². The van der Waals surface area contributed by atoms with Gasteiger partial charge in [0.05, 0.1) is 18.8 Å². The summed E-state index contributed by atoms with van der Waals surface area (Å²) in [4.78, 5) is 12.2. The quantitative estimate of drug-likeness (QED) is 0.767. The standard InChI is InChI=1S/C12H22N4O3/c1-6-18-10-14-9(13-4)15-11(16-10)19-8-7-12(2,3)17-5/h6-8H2,1-5H3,(H,13,14,15,16). The molecule has 19 heavy (non-hydrogen) atoms. The summed E-state index contributed by atoms with van der Waals surface area (Å²) in [5.41, 5.74) is -0.235. The van der Waals surface area contributed by atoms with Gasteiger partial charge in [0.15, 0.2) is 0 Å². The Hall–Kier alpha value is -1.63. The van der Waals surface area contributed by atoms with Gasteiger partial charge in [-0.25, -0.2) is 0 Å². The van der Waals surface area contributed by atoms with Crippen molar-refractivity contribution in [3.8, 4) is 12.0 Å². The van der Waals surface area contributed by atoms with Gasteiger partial charge in [-0.1, -0.05) is 0 Å². The largest absolute Gasteiger partial charge is 0.464 e. The number of aromatic nitrogens is 3. The van der Waals surface area contributed by atoms with Crippen LogP contribution in [0.5, 0.6) is 12.0 Å². The molecule has 1 N–H and O–H groups in total. The van der Waals surface area contributed by atoms with Crippen LogP contribution in [0.1, 0.15) is 27.2 Å². The lowest BCUT2D eigenvalue weighted by Gasteiger charge is -2.22. The maximum absolute atomic E-state index is 5.51. The van der Waals surface area contributed by atoms with E-state index in [0.29, 0.717) is 19.2 Å². The third-order valence-electron chi connectivity index (χ3n) is 2.58. The molecule has 108 valence electrons. The number of hydrogen-bond donors (Lipinski definition) is 1. The lowest BCUT2D eigenvalue weighted by molar-refractivity contribution is 0.00461. The van der Waals surface area contributed by atoms with E-state index >= 15 is 0 Å². The molecule has 0 spiro atoms. The molecule has 0 fully saturated rings. The molecule has 0 unspecified atom stereocenters. The van der Waals surface area contributed by atoms with Crippen molar-refractivity contribution in [1.29, 1.82) is 0 Å². The van der Waals surface area contributed by atoms with E-state index < -0.39 is 0 Å². The van der Waals surface area contributed by atoms with E-state index in [9.17, 15) is 0 Å². The van der Waals surface area contributed by atoms with Crippen molar-refractivity contribution in [2.24, 2.45) is 0 Å². The molecule has 0 aromatic carbocycles. The lowest BCUT2D eigenvalue weighted by atomic mass is 10.1. The number of hydrogen-bond acceptors (Lipinski definition) is 7. The predicted octanol–water partition coefficient (Wildman–Crippen LogP) is 1.51. The van der Waals surface area contributed by atoms with E-state index in [0.717, 1.165) is 6.42 Å². The van der Waals surface area contributed by atoms with Gasteiger partial charge >= 0.3 is 12.0 Å². The first-order chi connectivity index (χ1) is 9.00. The fourth-order valence-corrected chi connectivity index (χ4v) is 1.20. The summed E-state index contributed by atoms with van der Waals surface area (Å²) in [6.45, 7) is 6.80. The van der Waals surface area contributed by atoms with Crippen molar-refractivity contribution in [2.45, 2.75) is 32.8 Å². The minimum absolute atomic E-state index is 0.235. The number of anilines is 1. The van der Waals surface area contributed by atoms with E-state index in [1.807, 2.05) is 20.8 Å². The fourth-order valence-electron chi connectivity index (χ4n) is 1.20. The minimum atomic E-state index is -0.235. The fraction of sp³-hybridized carbons (Fsp3) is 0.750.